The molecular weight excluding hydrogens is 287 g/mol. The smallest absolute Gasteiger partial charge is 0.285 e. The van der Waals surface area contributed by atoms with Gasteiger partial charge in [0.2, 0.25) is 0 Å². The number of nitrogens with zero attached hydrogens (tertiary/aromatic N) is 2. The first-order chi connectivity index (χ1) is 9.40. The van der Waals surface area contributed by atoms with Crippen LogP contribution < -0.4 is 0 Å². The van der Waals surface area contributed by atoms with Gasteiger partial charge in [0.15, 0.2) is 0 Å². The first-order valence-electron chi connectivity index (χ1n) is 6.27. The van der Waals surface area contributed by atoms with Gasteiger partial charge in [0.25, 0.3) is 11.6 Å². The SMILES string of the molecule is CC1CN(C(=O)c2ccc(F)cc2[N+](=O)[O-])CCC1Cl. The van der Waals surface area contributed by atoms with E-state index in [9.17, 15) is 19.3 Å². The largest absolute Gasteiger partial charge is 0.338 e. The Kier molecular flexibility index (Phi) is 4.23. The van der Waals surface area contributed by atoms with Crippen molar-refractivity contribution < 1.29 is 14.1 Å². The van der Waals surface area contributed by atoms with E-state index in [2.05, 4.69) is 0 Å². The van der Waals surface area contributed by atoms with E-state index in [-0.39, 0.29) is 16.9 Å². The first-order valence-corrected chi connectivity index (χ1v) is 6.71. The normalized spacial score (nSPS) is 22.6. The molecule has 1 aliphatic rings. The number of carbonyl (C=O) groups is 1. The lowest BCUT2D eigenvalue weighted by Crippen LogP contribution is -2.43. The summed E-state index contributed by atoms with van der Waals surface area (Å²) >= 11 is 6.09. The fourth-order valence-electron chi connectivity index (χ4n) is 2.31. The number of piperidine rings is 1. The molecule has 1 amide bonds. The molecular formula is C13H14ClFN2O3. The van der Waals surface area contributed by atoms with E-state index in [4.69, 9.17) is 11.6 Å². The van der Waals surface area contributed by atoms with Crippen LogP contribution in [0, 0.1) is 21.8 Å². The maximum Gasteiger partial charge on any atom is 0.285 e. The fourth-order valence-corrected chi connectivity index (χ4v) is 2.49. The lowest BCUT2D eigenvalue weighted by Gasteiger charge is -2.34. The van der Waals surface area contributed by atoms with Gasteiger partial charge in [-0.2, -0.15) is 0 Å². The average Bonchev–Trinajstić information content (AvgIpc) is 2.41. The fraction of sp³-hybridized carbons (Fsp3) is 0.462. The summed E-state index contributed by atoms with van der Waals surface area (Å²) in [6, 6.07) is 2.98. The van der Waals surface area contributed by atoms with Gasteiger partial charge >= 0.3 is 0 Å². The highest BCUT2D eigenvalue weighted by molar-refractivity contribution is 6.20. The molecule has 20 heavy (non-hydrogen) atoms. The van der Waals surface area contributed by atoms with Crippen LogP contribution in [0.4, 0.5) is 10.1 Å². The predicted octanol–water partition coefficient (Wildman–Crippen LogP) is 2.82. The minimum atomic E-state index is -0.742. The van der Waals surface area contributed by atoms with Gasteiger partial charge in [-0.15, -0.1) is 11.6 Å². The molecule has 1 aromatic rings. The lowest BCUT2D eigenvalue weighted by atomic mass is 9.98. The summed E-state index contributed by atoms with van der Waals surface area (Å²) in [6.45, 7) is 2.82. The highest BCUT2D eigenvalue weighted by Crippen LogP contribution is 2.26. The second-order valence-electron chi connectivity index (χ2n) is 4.95. The van der Waals surface area contributed by atoms with Crippen LogP contribution in [0.15, 0.2) is 18.2 Å². The standard InChI is InChI=1S/C13H14ClFN2O3/c1-8-7-16(5-4-11(8)14)13(18)10-3-2-9(15)6-12(10)17(19)20/h2-3,6,8,11H,4-5,7H2,1H3. The predicted molar refractivity (Wildman–Crippen MR) is 72.4 cm³/mol. The van der Waals surface area contributed by atoms with Gasteiger partial charge in [-0.05, 0) is 24.5 Å². The summed E-state index contributed by atoms with van der Waals surface area (Å²) < 4.78 is 13.1. The maximum atomic E-state index is 13.1. The number of hydrogen-bond acceptors (Lipinski definition) is 3. The van der Waals surface area contributed by atoms with Gasteiger partial charge in [0.05, 0.1) is 11.0 Å². The number of benzene rings is 1. The van der Waals surface area contributed by atoms with Crippen molar-refractivity contribution in [1.82, 2.24) is 4.90 Å². The molecule has 1 aliphatic heterocycles. The number of likely N-dealkylation sites (tertiary alicyclic amines) is 1. The van der Waals surface area contributed by atoms with E-state index in [1.54, 1.807) is 0 Å². The third-order valence-corrected chi connectivity index (χ3v) is 4.12. The van der Waals surface area contributed by atoms with E-state index in [1.165, 1.54) is 4.90 Å². The third kappa shape index (κ3) is 2.90. The van der Waals surface area contributed by atoms with Gasteiger partial charge in [-0.1, -0.05) is 6.92 Å². The van der Waals surface area contributed by atoms with Crippen molar-refractivity contribution in [3.05, 3.63) is 39.7 Å². The number of rotatable bonds is 2. The summed E-state index contributed by atoms with van der Waals surface area (Å²) in [6.07, 6.45) is 0.642. The van der Waals surface area contributed by atoms with Crippen molar-refractivity contribution in [2.45, 2.75) is 18.7 Å². The minimum Gasteiger partial charge on any atom is -0.338 e. The average molecular weight is 301 g/mol. The van der Waals surface area contributed by atoms with Gasteiger partial charge in [-0.3, -0.25) is 14.9 Å². The molecule has 0 radical (unpaired) electrons. The number of carbonyl (C=O) groups excluding carboxylic acids is 1. The van der Waals surface area contributed by atoms with Crippen molar-refractivity contribution in [3.8, 4) is 0 Å². The Morgan fingerprint density at radius 3 is 2.85 bits per heavy atom. The molecule has 1 fully saturated rings. The first kappa shape index (κ1) is 14.7. The second kappa shape index (κ2) is 5.75. The van der Waals surface area contributed by atoms with Gasteiger partial charge < -0.3 is 4.90 Å². The van der Waals surface area contributed by atoms with Gasteiger partial charge in [0.1, 0.15) is 11.4 Å². The number of nitro groups is 1. The van der Waals surface area contributed by atoms with Crippen LogP contribution in [-0.2, 0) is 0 Å². The molecule has 2 unspecified atom stereocenters. The molecule has 0 aliphatic carbocycles. The quantitative estimate of drug-likeness (QED) is 0.479. The van der Waals surface area contributed by atoms with Crippen LogP contribution in [0.3, 0.4) is 0 Å². The minimum absolute atomic E-state index is 0.00209. The van der Waals surface area contributed by atoms with Gasteiger partial charge in [-0.25, -0.2) is 4.39 Å². The summed E-state index contributed by atoms with van der Waals surface area (Å²) in [5.41, 5.74) is -0.590. The highest BCUT2D eigenvalue weighted by Gasteiger charge is 2.31. The molecule has 2 rings (SSSR count). The van der Waals surface area contributed by atoms with E-state index < -0.39 is 22.3 Å². The van der Waals surface area contributed by atoms with Crippen LogP contribution >= 0.6 is 11.6 Å². The topological polar surface area (TPSA) is 63.5 Å². The number of nitro benzene ring substituents is 1. The van der Waals surface area contributed by atoms with Crippen molar-refractivity contribution in [1.29, 1.82) is 0 Å². The Hall–Kier alpha value is -1.69. The van der Waals surface area contributed by atoms with Crippen LogP contribution in [0.25, 0.3) is 0 Å². The highest BCUT2D eigenvalue weighted by atomic mass is 35.5. The molecule has 0 spiro atoms. The molecule has 1 saturated heterocycles. The van der Waals surface area contributed by atoms with Gasteiger partial charge in [0, 0.05) is 18.5 Å². The van der Waals surface area contributed by atoms with E-state index in [1.807, 2.05) is 6.92 Å². The Bertz CT molecular complexity index is 552. The Balaban J connectivity index is 2.27. The zero-order valence-electron chi connectivity index (χ0n) is 10.9. The Morgan fingerprint density at radius 1 is 1.55 bits per heavy atom. The Morgan fingerprint density at radius 2 is 2.25 bits per heavy atom. The zero-order valence-corrected chi connectivity index (χ0v) is 11.6. The van der Waals surface area contributed by atoms with E-state index >= 15 is 0 Å². The van der Waals surface area contributed by atoms with E-state index in [0.29, 0.717) is 19.5 Å². The number of halogens is 2. The molecule has 7 heteroatoms. The molecule has 0 aromatic heterocycles. The van der Waals surface area contributed by atoms with Crippen molar-refractivity contribution in [2.75, 3.05) is 13.1 Å². The van der Waals surface area contributed by atoms with Crippen LogP contribution in [-0.4, -0.2) is 34.2 Å². The third-order valence-electron chi connectivity index (χ3n) is 3.47. The molecule has 0 bridgehead atoms. The van der Waals surface area contributed by atoms with Crippen LogP contribution in [0.5, 0.6) is 0 Å². The number of hydrogen-bond donors (Lipinski definition) is 0. The van der Waals surface area contributed by atoms with E-state index in [0.717, 1.165) is 18.2 Å². The van der Waals surface area contributed by atoms with Crippen molar-refractivity contribution >= 4 is 23.2 Å². The lowest BCUT2D eigenvalue weighted by molar-refractivity contribution is -0.385. The monoisotopic (exact) mass is 300 g/mol. The molecule has 1 aromatic carbocycles. The second-order valence-corrected chi connectivity index (χ2v) is 5.51. The summed E-state index contributed by atoms with van der Waals surface area (Å²) in [5.74, 6) is -1.07. The van der Waals surface area contributed by atoms with Crippen molar-refractivity contribution in [2.24, 2.45) is 5.92 Å². The molecule has 108 valence electrons. The number of amides is 1. The zero-order chi connectivity index (χ0) is 14.9. The molecule has 5 nitrogen and oxygen atoms in total. The number of alkyl halides is 1. The molecule has 2 atom stereocenters. The van der Waals surface area contributed by atoms with Crippen LogP contribution in [0.2, 0.25) is 0 Å². The summed E-state index contributed by atoms with van der Waals surface area (Å²) in [5, 5.41) is 10.9. The van der Waals surface area contributed by atoms with Crippen molar-refractivity contribution in [3.63, 3.8) is 0 Å². The molecule has 0 N–H and O–H groups in total. The maximum absolute atomic E-state index is 13.1. The molecule has 1 heterocycles. The van der Waals surface area contributed by atoms with Crippen LogP contribution in [0.1, 0.15) is 23.7 Å². The molecule has 0 saturated carbocycles. The summed E-state index contributed by atoms with van der Waals surface area (Å²) in [4.78, 5) is 24.1. The summed E-state index contributed by atoms with van der Waals surface area (Å²) in [7, 11) is 0. The Labute approximate surface area is 120 Å².